The molecular weight excluding hydrogens is 250 g/mol. The molecular formula is C13H14BrN. The second kappa shape index (κ2) is 4.23. The minimum Gasteiger partial charge on any atom is -0.358 e. The van der Waals surface area contributed by atoms with Crippen LogP contribution in [0.2, 0.25) is 0 Å². The van der Waals surface area contributed by atoms with Crippen molar-refractivity contribution in [3.63, 3.8) is 0 Å². The molecule has 0 bridgehead atoms. The molecule has 0 aliphatic rings. The summed E-state index contributed by atoms with van der Waals surface area (Å²) in [5.74, 6) is 0. The first-order valence-corrected chi connectivity index (χ1v) is 5.95. The van der Waals surface area contributed by atoms with Gasteiger partial charge in [-0.05, 0) is 30.2 Å². The Labute approximate surface area is 98.3 Å². The Morgan fingerprint density at radius 1 is 1.47 bits per heavy atom. The van der Waals surface area contributed by atoms with E-state index in [1.54, 1.807) is 0 Å². The predicted octanol–water partition coefficient (Wildman–Crippen LogP) is 4.22. The monoisotopic (exact) mass is 263 g/mol. The maximum atomic E-state index is 3.79. The molecule has 2 heteroatoms. The molecule has 0 saturated carbocycles. The van der Waals surface area contributed by atoms with Crippen LogP contribution >= 0.6 is 15.9 Å². The van der Waals surface area contributed by atoms with Crippen LogP contribution < -0.4 is 0 Å². The number of allylic oxidation sites excluding steroid dienone is 1. The lowest BCUT2D eigenvalue weighted by Crippen LogP contribution is -1.87. The van der Waals surface area contributed by atoms with Gasteiger partial charge < -0.3 is 4.98 Å². The second-order valence-electron chi connectivity index (χ2n) is 3.62. The van der Waals surface area contributed by atoms with Crippen molar-refractivity contribution in [2.24, 2.45) is 0 Å². The highest BCUT2D eigenvalue weighted by Crippen LogP contribution is 2.26. The van der Waals surface area contributed by atoms with Crippen molar-refractivity contribution in [2.75, 3.05) is 0 Å². The quantitative estimate of drug-likeness (QED) is 0.799. The number of benzene rings is 1. The Balaban J connectivity index is 2.68. The summed E-state index contributed by atoms with van der Waals surface area (Å²) in [6.45, 7) is 5.98. The van der Waals surface area contributed by atoms with E-state index in [9.17, 15) is 0 Å². The van der Waals surface area contributed by atoms with E-state index in [1.807, 2.05) is 6.08 Å². The van der Waals surface area contributed by atoms with Gasteiger partial charge in [0, 0.05) is 27.5 Å². The van der Waals surface area contributed by atoms with Gasteiger partial charge in [0.15, 0.2) is 0 Å². The molecule has 0 unspecified atom stereocenters. The molecule has 2 rings (SSSR count). The number of aromatic nitrogens is 1. The number of halogens is 1. The Kier molecular flexibility index (Phi) is 2.96. The van der Waals surface area contributed by atoms with Crippen molar-refractivity contribution in [3.8, 4) is 0 Å². The van der Waals surface area contributed by atoms with Gasteiger partial charge in [-0.2, -0.15) is 0 Å². The molecule has 1 aromatic carbocycles. The van der Waals surface area contributed by atoms with Crippen molar-refractivity contribution in [2.45, 2.75) is 19.8 Å². The summed E-state index contributed by atoms with van der Waals surface area (Å²) >= 11 is 3.51. The number of aryl methyl sites for hydroxylation is 1. The first kappa shape index (κ1) is 10.5. The van der Waals surface area contributed by atoms with Crippen LogP contribution in [0.15, 0.2) is 35.3 Å². The van der Waals surface area contributed by atoms with Crippen LogP contribution in [0.5, 0.6) is 0 Å². The van der Waals surface area contributed by atoms with Crippen LogP contribution in [-0.2, 0) is 12.8 Å². The van der Waals surface area contributed by atoms with Crippen LogP contribution in [0.3, 0.4) is 0 Å². The Morgan fingerprint density at radius 2 is 2.27 bits per heavy atom. The molecule has 78 valence electrons. The molecule has 1 aromatic heterocycles. The third-order valence-corrected chi connectivity index (χ3v) is 3.15. The van der Waals surface area contributed by atoms with Crippen molar-refractivity contribution in [3.05, 3.63) is 46.6 Å². The summed E-state index contributed by atoms with van der Waals surface area (Å²) in [6.07, 6.45) is 3.91. The molecule has 0 saturated heterocycles. The second-order valence-corrected chi connectivity index (χ2v) is 4.53. The van der Waals surface area contributed by atoms with E-state index in [1.165, 1.54) is 22.2 Å². The maximum Gasteiger partial charge on any atom is 0.0459 e. The third kappa shape index (κ3) is 1.86. The first-order chi connectivity index (χ1) is 7.26. The minimum absolute atomic E-state index is 0.912. The zero-order valence-corrected chi connectivity index (χ0v) is 10.4. The van der Waals surface area contributed by atoms with Gasteiger partial charge in [0.05, 0.1) is 0 Å². The number of rotatable bonds is 3. The lowest BCUT2D eigenvalue weighted by molar-refractivity contribution is 1.06. The number of H-pyrrole nitrogens is 1. The lowest BCUT2D eigenvalue weighted by atomic mass is 10.1. The lowest BCUT2D eigenvalue weighted by Gasteiger charge is -1.98. The molecule has 0 amide bonds. The normalized spacial score (nSPS) is 10.8. The highest BCUT2D eigenvalue weighted by molar-refractivity contribution is 9.10. The number of aromatic amines is 1. The van der Waals surface area contributed by atoms with Crippen LogP contribution in [0.25, 0.3) is 10.9 Å². The van der Waals surface area contributed by atoms with Crippen LogP contribution in [0.1, 0.15) is 18.2 Å². The van der Waals surface area contributed by atoms with E-state index < -0.39 is 0 Å². The zero-order valence-electron chi connectivity index (χ0n) is 8.81. The number of fused-ring (bicyclic) bond motifs is 1. The largest absolute Gasteiger partial charge is 0.358 e. The smallest absolute Gasteiger partial charge is 0.0459 e. The van der Waals surface area contributed by atoms with E-state index in [-0.39, 0.29) is 0 Å². The van der Waals surface area contributed by atoms with Crippen LogP contribution in [0.4, 0.5) is 0 Å². The molecule has 1 heterocycles. The molecule has 0 radical (unpaired) electrons. The summed E-state index contributed by atoms with van der Waals surface area (Å²) in [6, 6.07) is 6.36. The van der Waals surface area contributed by atoms with Crippen LogP contribution in [-0.4, -0.2) is 4.98 Å². The molecule has 0 aliphatic carbocycles. The molecule has 1 N–H and O–H groups in total. The van der Waals surface area contributed by atoms with Crippen molar-refractivity contribution in [1.82, 2.24) is 4.98 Å². The maximum absolute atomic E-state index is 3.79. The molecule has 0 atom stereocenters. The molecule has 0 spiro atoms. The highest BCUT2D eigenvalue weighted by atomic mass is 79.9. The van der Waals surface area contributed by atoms with Gasteiger partial charge in [-0.25, -0.2) is 0 Å². The molecule has 0 fully saturated rings. The molecule has 0 aliphatic heterocycles. The van der Waals surface area contributed by atoms with Gasteiger partial charge in [-0.3, -0.25) is 0 Å². The summed E-state index contributed by atoms with van der Waals surface area (Å²) in [5, 5.41) is 1.32. The van der Waals surface area contributed by atoms with Gasteiger partial charge >= 0.3 is 0 Å². The van der Waals surface area contributed by atoms with Crippen molar-refractivity contribution < 1.29 is 0 Å². The molecule has 2 aromatic rings. The Bertz CT molecular complexity index is 496. The standard InChI is InChI=1S/C13H14BrN/c1-3-5-12-10(4-2)11-8-9(14)6-7-13(11)15-12/h3,6-8,15H,1,4-5H2,2H3. The fraction of sp³-hybridized carbons (Fsp3) is 0.231. The fourth-order valence-electron chi connectivity index (χ4n) is 2.00. The van der Waals surface area contributed by atoms with Crippen molar-refractivity contribution in [1.29, 1.82) is 0 Å². The average Bonchev–Trinajstić information content (AvgIpc) is 2.55. The number of hydrogen-bond donors (Lipinski definition) is 1. The van der Waals surface area contributed by atoms with E-state index in [0.29, 0.717) is 0 Å². The summed E-state index contributed by atoms with van der Waals surface area (Å²) in [5.41, 5.74) is 3.92. The topological polar surface area (TPSA) is 15.8 Å². The SMILES string of the molecule is C=CCc1[nH]c2ccc(Br)cc2c1CC. The summed E-state index contributed by atoms with van der Waals surface area (Å²) in [4.78, 5) is 3.45. The van der Waals surface area contributed by atoms with E-state index in [2.05, 4.69) is 52.6 Å². The van der Waals surface area contributed by atoms with Gasteiger partial charge in [-0.15, -0.1) is 6.58 Å². The predicted molar refractivity (Wildman–Crippen MR) is 69.3 cm³/mol. The van der Waals surface area contributed by atoms with E-state index in [4.69, 9.17) is 0 Å². The molecule has 1 nitrogen and oxygen atoms in total. The number of hydrogen-bond acceptors (Lipinski definition) is 0. The molecule has 15 heavy (non-hydrogen) atoms. The fourth-order valence-corrected chi connectivity index (χ4v) is 2.36. The van der Waals surface area contributed by atoms with Gasteiger partial charge in [0.1, 0.15) is 0 Å². The highest BCUT2D eigenvalue weighted by Gasteiger charge is 2.08. The summed E-state index contributed by atoms with van der Waals surface area (Å²) < 4.78 is 1.13. The summed E-state index contributed by atoms with van der Waals surface area (Å²) in [7, 11) is 0. The van der Waals surface area contributed by atoms with Gasteiger partial charge in [0.2, 0.25) is 0 Å². The van der Waals surface area contributed by atoms with Crippen molar-refractivity contribution >= 4 is 26.8 Å². The first-order valence-electron chi connectivity index (χ1n) is 5.16. The minimum atomic E-state index is 0.912. The van der Waals surface area contributed by atoms with E-state index in [0.717, 1.165) is 17.3 Å². The third-order valence-electron chi connectivity index (χ3n) is 2.66. The zero-order chi connectivity index (χ0) is 10.8. The van der Waals surface area contributed by atoms with E-state index >= 15 is 0 Å². The van der Waals surface area contributed by atoms with Crippen LogP contribution in [0, 0.1) is 0 Å². The van der Waals surface area contributed by atoms with Gasteiger partial charge in [0.25, 0.3) is 0 Å². The Hall–Kier alpha value is -1.02. The Morgan fingerprint density at radius 3 is 2.93 bits per heavy atom. The van der Waals surface area contributed by atoms with Gasteiger partial charge in [-0.1, -0.05) is 28.9 Å². The average molecular weight is 264 g/mol. The number of nitrogens with one attached hydrogen (secondary N) is 1.